The fraction of sp³-hybridized carbons (Fsp3) is 0.364. The van der Waals surface area contributed by atoms with E-state index < -0.39 is 18.2 Å². The van der Waals surface area contributed by atoms with E-state index in [9.17, 15) is 9.18 Å². The van der Waals surface area contributed by atoms with E-state index >= 15 is 0 Å². The number of rotatable bonds is 4. The van der Waals surface area contributed by atoms with Gasteiger partial charge in [0.25, 0.3) is 0 Å². The zero-order valence-corrected chi connectivity index (χ0v) is 10.4. The van der Waals surface area contributed by atoms with Crippen molar-refractivity contribution in [1.29, 1.82) is 0 Å². The van der Waals surface area contributed by atoms with Crippen LogP contribution in [0.25, 0.3) is 0 Å². The molecule has 3 nitrogen and oxygen atoms in total. The Kier molecular flexibility index (Phi) is 4.04. The van der Waals surface area contributed by atoms with Gasteiger partial charge in [0.05, 0.1) is 0 Å². The summed E-state index contributed by atoms with van der Waals surface area (Å²) in [4.78, 5) is 10.8. The van der Waals surface area contributed by atoms with E-state index in [1.807, 2.05) is 0 Å². The highest BCUT2D eigenvalue weighted by molar-refractivity contribution is 9.10. The average molecular weight is 290 g/mol. The molecule has 0 radical (unpaired) electrons. The number of nitrogens with two attached hydrogens (primary N) is 1. The predicted octanol–water partition coefficient (Wildman–Crippen LogP) is 2.26. The first-order valence-electron chi connectivity index (χ1n) is 4.72. The Morgan fingerprint density at radius 2 is 2.25 bits per heavy atom. The zero-order chi connectivity index (χ0) is 12.3. The molecular formula is C11H13BrFNO2. The van der Waals surface area contributed by atoms with E-state index in [2.05, 4.69) is 15.9 Å². The van der Waals surface area contributed by atoms with Crippen LogP contribution in [0, 0.1) is 0 Å². The molecule has 3 N–H and O–H groups in total. The van der Waals surface area contributed by atoms with Crippen molar-refractivity contribution >= 4 is 21.9 Å². The summed E-state index contributed by atoms with van der Waals surface area (Å²) in [6.07, 6.45) is 0.202. The van der Waals surface area contributed by atoms with Gasteiger partial charge in [-0.2, -0.15) is 0 Å². The van der Waals surface area contributed by atoms with Gasteiger partial charge in [0.2, 0.25) is 0 Å². The molecule has 0 aromatic heterocycles. The standard InChI is InChI=1S/C11H13BrFNO2/c1-11(14,10(15)16)5-7-2-3-8(6-13)9(12)4-7/h2-4H,5-6,14H2,1H3,(H,15,16)/t11-/m0/s1. The summed E-state index contributed by atoms with van der Waals surface area (Å²) in [5, 5.41) is 8.88. The third-order valence-electron chi connectivity index (χ3n) is 2.32. The van der Waals surface area contributed by atoms with E-state index in [1.54, 1.807) is 18.2 Å². The minimum absolute atomic E-state index is 0.202. The molecule has 0 bridgehead atoms. The van der Waals surface area contributed by atoms with Gasteiger partial charge in [-0.25, -0.2) is 4.39 Å². The maximum atomic E-state index is 12.4. The normalized spacial score (nSPS) is 14.5. The Bertz CT molecular complexity index is 407. The van der Waals surface area contributed by atoms with Crippen LogP contribution in [0.4, 0.5) is 4.39 Å². The molecular weight excluding hydrogens is 277 g/mol. The maximum absolute atomic E-state index is 12.4. The molecule has 0 saturated carbocycles. The van der Waals surface area contributed by atoms with Gasteiger partial charge in [-0.15, -0.1) is 0 Å². The maximum Gasteiger partial charge on any atom is 0.323 e. The van der Waals surface area contributed by atoms with Crippen molar-refractivity contribution in [2.45, 2.75) is 25.6 Å². The predicted molar refractivity (Wildman–Crippen MR) is 62.9 cm³/mol. The third kappa shape index (κ3) is 3.02. The van der Waals surface area contributed by atoms with Crippen LogP contribution in [-0.2, 0) is 17.9 Å². The van der Waals surface area contributed by atoms with Crippen LogP contribution >= 0.6 is 15.9 Å². The molecule has 0 aliphatic rings. The Morgan fingerprint density at radius 1 is 1.62 bits per heavy atom. The largest absolute Gasteiger partial charge is 0.480 e. The summed E-state index contributed by atoms with van der Waals surface area (Å²) in [5.74, 6) is -1.06. The molecule has 1 rings (SSSR count). The number of halogens is 2. The number of hydrogen-bond acceptors (Lipinski definition) is 2. The molecule has 1 aromatic rings. The molecule has 1 aromatic carbocycles. The highest BCUT2D eigenvalue weighted by Crippen LogP contribution is 2.21. The van der Waals surface area contributed by atoms with Crippen LogP contribution in [0.3, 0.4) is 0 Å². The van der Waals surface area contributed by atoms with E-state index in [0.717, 1.165) is 5.56 Å². The number of carbonyl (C=O) groups is 1. The monoisotopic (exact) mass is 289 g/mol. The van der Waals surface area contributed by atoms with Gasteiger partial charge in [-0.1, -0.05) is 28.1 Å². The lowest BCUT2D eigenvalue weighted by atomic mass is 9.94. The Morgan fingerprint density at radius 3 is 2.69 bits per heavy atom. The number of carboxylic acid groups (broad SMARTS) is 1. The van der Waals surface area contributed by atoms with E-state index in [4.69, 9.17) is 10.8 Å². The summed E-state index contributed by atoms with van der Waals surface area (Å²) < 4.78 is 13.1. The molecule has 0 unspecified atom stereocenters. The fourth-order valence-corrected chi connectivity index (χ4v) is 1.84. The van der Waals surface area contributed by atoms with Crippen LogP contribution in [0.1, 0.15) is 18.1 Å². The molecule has 0 amide bonds. The first-order valence-corrected chi connectivity index (χ1v) is 5.51. The van der Waals surface area contributed by atoms with Gasteiger partial charge in [-0.05, 0) is 24.1 Å². The molecule has 0 heterocycles. The topological polar surface area (TPSA) is 63.3 Å². The van der Waals surface area contributed by atoms with E-state index in [1.165, 1.54) is 6.92 Å². The van der Waals surface area contributed by atoms with Gasteiger partial charge in [0, 0.05) is 10.9 Å². The fourth-order valence-electron chi connectivity index (χ4n) is 1.31. The Balaban J connectivity index is 2.91. The van der Waals surface area contributed by atoms with Crippen LogP contribution in [0.5, 0.6) is 0 Å². The Hall–Kier alpha value is -0.940. The average Bonchev–Trinajstić information content (AvgIpc) is 2.17. The van der Waals surface area contributed by atoms with Crippen molar-refractivity contribution < 1.29 is 14.3 Å². The molecule has 0 aliphatic carbocycles. The van der Waals surface area contributed by atoms with Gasteiger partial charge < -0.3 is 10.8 Å². The number of aliphatic carboxylic acids is 1. The minimum Gasteiger partial charge on any atom is -0.480 e. The van der Waals surface area contributed by atoms with Crippen LogP contribution in [0.2, 0.25) is 0 Å². The summed E-state index contributed by atoms with van der Waals surface area (Å²) in [6, 6.07) is 5.01. The first-order chi connectivity index (χ1) is 7.36. The van der Waals surface area contributed by atoms with Gasteiger partial charge in [0.1, 0.15) is 12.2 Å². The molecule has 0 saturated heterocycles. The second-order valence-corrected chi connectivity index (χ2v) is 4.81. The highest BCUT2D eigenvalue weighted by atomic mass is 79.9. The lowest BCUT2D eigenvalue weighted by molar-refractivity contribution is -0.142. The quantitative estimate of drug-likeness (QED) is 0.894. The summed E-state index contributed by atoms with van der Waals surface area (Å²) in [5.41, 5.74) is 5.61. The molecule has 0 spiro atoms. The van der Waals surface area contributed by atoms with Gasteiger partial charge >= 0.3 is 5.97 Å². The van der Waals surface area contributed by atoms with E-state index in [-0.39, 0.29) is 6.42 Å². The number of alkyl halides is 1. The van der Waals surface area contributed by atoms with Crippen molar-refractivity contribution in [2.75, 3.05) is 0 Å². The summed E-state index contributed by atoms with van der Waals surface area (Å²) >= 11 is 3.22. The van der Waals surface area contributed by atoms with Crippen molar-refractivity contribution in [3.63, 3.8) is 0 Å². The number of benzene rings is 1. The number of carboxylic acids is 1. The lowest BCUT2D eigenvalue weighted by Crippen LogP contribution is -2.46. The molecule has 5 heteroatoms. The summed E-state index contributed by atoms with van der Waals surface area (Å²) in [7, 11) is 0. The van der Waals surface area contributed by atoms with Gasteiger partial charge in [0.15, 0.2) is 0 Å². The minimum atomic E-state index is -1.31. The van der Waals surface area contributed by atoms with Crippen molar-refractivity contribution in [3.05, 3.63) is 33.8 Å². The molecule has 16 heavy (non-hydrogen) atoms. The number of hydrogen-bond donors (Lipinski definition) is 2. The highest BCUT2D eigenvalue weighted by Gasteiger charge is 2.28. The van der Waals surface area contributed by atoms with Crippen LogP contribution in [0.15, 0.2) is 22.7 Å². The molecule has 1 atom stereocenters. The molecule has 88 valence electrons. The van der Waals surface area contributed by atoms with Crippen molar-refractivity contribution in [3.8, 4) is 0 Å². The molecule has 0 aliphatic heterocycles. The SMILES string of the molecule is C[C@](N)(Cc1ccc(CF)c(Br)c1)C(=O)O. The smallest absolute Gasteiger partial charge is 0.323 e. The van der Waals surface area contributed by atoms with Gasteiger partial charge in [-0.3, -0.25) is 4.79 Å². The first kappa shape index (κ1) is 13.1. The second kappa shape index (κ2) is 4.93. The summed E-state index contributed by atoms with van der Waals surface area (Å²) in [6.45, 7) is 0.895. The Labute approximate surface area is 102 Å². The molecule has 0 fully saturated rings. The van der Waals surface area contributed by atoms with Crippen LogP contribution in [-0.4, -0.2) is 16.6 Å². The second-order valence-electron chi connectivity index (χ2n) is 3.96. The van der Waals surface area contributed by atoms with Crippen molar-refractivity contribution in [1.82, 2.24) is 0 Å². The zero-order valence-electron chi connectivity index (χ0n) is 8.84. The van der Waals surface area contributed by atoms with Crippen molar-refractivity contribution in [2.24, 2.45) is 5.73 Å². The third-order valence-corrected chi connectivity index (χ3v) is 3.06. The van der Waals surface area contributed by atoms with Crippen LogP contribution < -0.4 is 5.73 Å². The lowest BCUT2D eigenvalue weighted by Gasteiger charge is -2.19. The van der Waals surface area contributed by atoms with E-state index in [0.29, 0.717) is 10.0 Å².